The molecular formula is C17H20N2O2. The highest BCUT2D eigenvalue weighted by Gasteiger charge is 2.14. The lowest BCUT2D eigenvalue weighted by Gasteiger charge is -2.17. The van der Waals surface area contributed by atoms with Crippen LogP contribution in [-0.2, 0) is 6.54 Å². The molecular weight excluding hydrogens is 264 g/mol. The number of rotatable bonds is 7. The van der Waals surface area contributed by atoms with Crippen LogP contribution in [0.3, 0.4) is 0 Å². The van der Waals surface area contributed by atoms with E-state index in [1.54, 1.807) is 12.4 Å². The van der Waals surface area contributed by atoms with E-state index in [1.807, 2.05) is 55.3 Å². The van der Waals surface area contributed by atoms with Crippen LogP contribution in [0.25, 0.3) is 0 Å². The Kier molecular flexibility index (Phi) is 5.46. The van der Waals surface area contributed by atoms with Gasteiger partial charge in [-0.15, -0.1) is 0 Å². The van der Waals surface area contributed by atoms with Crippen LogP contribution in [0, 0.1) is 0 Å². The van der Waals surface area contributed by atoms with Gasteiger partial charge < -0.3 is 4.74 Å². The molecule has 0 saturated heterocycles. The molecule has 0 aliphatic rings. The maximum Gasteiger partial charge on any atom is 0.180 e. The smallest absolute Gasteiger partial charge is 0.180 e. The summed E-state index contributed by atoms with van der Waals surface area (Å²) >= 11 is 0. The first-order chi connectivity index (χ1) is 10.2. The summed E-state index contributed by atoms with van der Waals surface area (Å²) in [6.45, 7) is 3.53. The molecule has 0 amide bonds. The minimum absolute atomic E-state index is 0.0654. The highest BCUT2D eigenvalue weighted by molar-refractivity contribution is 6.00. The number of ether oxygens (including phenoxy) is 1. The van der Waals surface area contributed by atoms with Crippen molar-refractivity contribution in [3.8, 4) is 5.75 Å². The first-order valence-corrected chi connectivity index (χ1v) is 7.03. The number of likely N-dealkylation sites (N-methyl/N-ethyl adjacent to an activating group) is 1. The van der Waals surface area contributed by atoms with Gasteiger partial charge in [-0.25, -0.2) is 0 Å². The standard InChI is InChI=1S/C17H20N2O2/c1-3-21-17-7-5-4-6-15(17)16(20)13-19(2)12-14-8-10-18-11-9-14/h4-11H,3,12-13H2,1-2H3. The molecule has 0 aliphatic carbocycles. The van der Waals surface area contributed by atoms with Gasteiger partial charge in [-0.3, -0.25) is 14.7 Å². The molecule has 0 radical (unpaired) electrons. The lowest BCUT2D eigenvalue weighted by Crippen LogP contribution is -2.26. The van der Waals surface area contributed by atoms with E-state index in [0.717, 1.165) is 5.56 Å². The maximum atomic E-state index is 12.4. The second-order valence-corrected chi connectivity index (χ2v) is 4.88. The summed E-state index contributed by atoms with van der Waals surface area (Å²) < 4.78 is 5.51. The predicted octanol–water partition coefficient (Wildman–Crippen LogP) is 2.80. The Morgan fingerprint density at radius 2 is 1.90 bits per heavy atom. The predicted molar refractivity (Wildman–Crippen MR) is 82.5 cm³/mol. The van der Waals surface area contributed by atoms with Crippen molar-refractivity contribution in [3.63, 3.8) is 0 Å². The number of hydrogen-bond donors (Lipinski definition) is 0. The summed E-state index contributed by atoms with van der Waals surface area (Å²) in [6, 6.07) is 11.3. The number of nitrogens with zero attached hydrogens (tertiary/aromatic N) is 2. The Morgan fingerprint density at radius 1 is 1.19 bits per heavy atom. The lowest BCUT2D eigenvalue weighted by molar-refractivity contribution is 0.0939. The van der Waals surface area contributed by atoms with E-state index in [4.69, 9.17) is 4.74 Å². The highest BCUT2D eigenvalue weighted by Crippen LogP contribution is 2.19. The Hall–Kier alpha value is -2.20. The summed E-state index contributed by atoms with van der Waals surface area (Å²) in [5.41, 5.74) is 1.78. The SMILES string of the molecule is CCOc1ccccc1C(=O)CN(C)Cc1ccncc1. The molecule has 0 spiro atoms. The van der Waals surface area contributed by atoms with E-state index in [0.29, 0.717) is 31.0 Å². The molecule has 0 saturated carbocycles. The second kappa shape index (κ2) is 7.55. The number of carbonyl (C=O) groups excluding carboxylic acids is 1. The van der Waals surface area contributed by atoms with Gasteiger partial charge in [0.2, 0.25) is 0 Å². The fraction of sp³-hybridized carbons (Fsp3) is 0.294. The molecule has 0 atom stereocenters. The number of hydrogen-bond acceptors (Lipinski definition) is 4. The topological polar surface area (TPSA) is 42.4 Å². The van der Waals surface area contributed by atoms with Gasteiger partial charge in [0.05, 0.1) is 18.7 Å². The number of para-hydroxylation sites is 1. The van der Waals surface area contributed by atoms with Gasteiger partial charge in [-0.1, -0.05) is 12.1 Å². The van der Waals surface area contributed by atoms with Crippen LogP contribution < -0.4 is 4.74 Å². The van der Waals surface area contributed by atoms with Crippen molar-refractivity contribution >= 4 is 5.78 Å². The minimum Gasteiger partial charge on any atom is -0.493 e. The third kappa shape index (κ3) is 4.39. The van der Waals surface area contributed by atoms with E-state index < -0.39 is 0 Å². The average molecular weight is 284 g/mol. The van der Waals surface area contributed by atoms with E-state index in [1.165, 1.54) is 0 Å². The van der Waals surface area contributed by atoms with Crippen LogP contribution in [0.2, 0.25) is 0 Å². The van der Waals surface area contributed by atoms with Crippen molar-refractivity contribution in [1.82, 2.24) is 9.88 Å². The number of pyridine rings is 1. The lowest BCUT2D eigenvalue weighted by atomic mass is 10.1. The Labute approximate surface area is 125 Å². The van der Waals surface area contributed by atoms with Gasteiger partial charge in [0.1, 0.15) is 5.75 Å². The Morgan fingerprint density at radius 3 is 2.62 bits per heavy atom. The number of benzene rings is 1. The molecule has 1 aromatic carbocycles. The van der Waals surface area contributed by atoms with E-state index in [-0.39, 0.29) is 5.78 Å². The fourth-order valence-electron chi connectivity index (χ4n) is 2.16. The molecule has 0 unspecified atom stereocenters. The van der Waals surface area contributed by atoms with Gasteiger partial charge in [-0.2, -0.15) is 0 Å². The fourth-order valence-corrected chi connectivity index (χ4v) is 2.16. The van der Waals surface area contributed by atoms with Crippen molar-refractivity contribution in [3.05, 3.63) is 59.9 Å². The van der Waals surface area contributed by atoms with E-state index in [9.17, 15) is 4.79 Å². The van der Waals surface area contributed by atoms with Gasteiger partial charge in [0.15, 0.2) is 5.78 Å². The van der Waals surface area contributed by atoms with Crippen LogP contribution in [0.15, 0.2) is 48.8 Å². The van der Waals surface area contributed by atoms with Crippen LogP contribution in [-0.4, -0.2) is 35.9 Å². The van der Waals surface area contributed by atoms with Crippen molar-refractivity contribution in [2.45, 2.75) is 13.5 Å². The summed E-state index contributed by atoms with van der Waals surface area (Å²) in [5.74, 6) is 0.720. The molecule has 0 fully saturated rings. The van der Waals surface area contributed by atoms with Crippen LogP contribution in [0.1, 0.15) is 22.8 Å². The zero-order valence-corrected chi connectivity index (χ0v) is 12.5. The molecule has 1 heterocycles. The molecule has 0 bridgehead atoms. The minimum atomic E-state index is 0.0654. The molecule has 4 nitrogen and oxygen atoms in total. The summed E-state index contributed by atoms with van der Waals surface area (Å²) in [6.07, 6.45) is 3.52. The Bertz CT molecular complexity index is 584. The van der Waals surface area contributed by atoms with Crippen molar-refractivity contribution in [2.75, 3.05) is 20.2 Å². The third-order valence-corrected chi connectivity index (χ3v) is 3.10. The normalized spacial score (nSPS) is 10.6. The second-order valence-electron chi connectivity index (χ2n) is 4.88. The van der Waals surface area contributed by atoms with Gasteiger partial charge in [-0.05, 0) is 43.8 Å². The zero-order chi connectivity index (χ0) is 15.1. The number of carbonyl (C=O) groups is 1. The number of ketones is 1. The first kappa shape index (κ1) is 15.2. The summed E-state index contributed by atoms with van der Waals surface area (Å²) in [7, 11) is 1.93. The van der Waals surface area contributed by atoms with Crippen molar-refractivity contribution in [2.24, 2.45) is 0 Å². The zero-order valence-electron chi connectivity index (χ0n) is 12.5. The first-order valence-electron chi connectivity index (χ1n) is 7.03. The largest absolute Gasteiger partial charge is 0.493 e. The van der Waals surface area contributed by atoms with Crippen molar-refractivity contribution < 1.29 is 9.53 Å². The highest BCUT2D eigenvalue weighted by atomic mass is 16.5. The van der Waals surface area contributed by atoms with Crippen LogP contribution in [0.5, 0.6) is 5.75 Å². The van der Waals surface area contributed by atoms with Crippen LogP contribution in [0.4, 0.5) is 0 Å². The average Bonchev–Trinajstić information content (AvgIpc) is 2.49. The number of aromatic nitrogens is 1. The maximum absolute atomic E-state index is 12.4. The van der Waals surface area contributed by atoms with E-state index >= 15 is 0 Å². The molecule has 0 aliphatic heterocycles. The van der Waals surface area contributed by atoms with E-state index in [2.05, 4.69) is 4.98 Å². The monoisotopic (exact) mass is 284 g/mol. The molecule has 21 heavy (non-hydrogen) atoms. The number of Topliss-reactive ketones (excluding diaryl/α,β-unsaturated/α-hetero) is 1. The van der Waals surface area contributed by atoms with Gasteiger partial charge in [0, 0.05) is 18.9 Å². The summed E-state index contributed by atoms with van der Waals surface area (Å²) in [5, 5.41) is 0. The quantitative estimate of drug-likeness (QED) is 0.733. The third-order valence-electron chi connectivity index (χ3n) is 3.10. The molecule has 110 valence electrons. The molecule has 4 heteroatoms. The summed E-state index contributed by atoms with van der Waals surface area (Å²) in [4.78, 5) is 18.4. The van der Waals surface area contributed by atoms with Crippen molar-refractivity contribution in [1.29, 1.82) is 0 Å². The Balaban J connectivity index is 2.01. The molecule has 0 N–H and O–H groups in total. The van der Waals surface area contributed by atoms with Gasteiger partial charge >= 0.3 is 0 Å². The molecule has 1 aromatic heterocycles. The molecule has 2 rings (SSSR count). The molecule has 2 aromatic rings. The van der Waals surface area contributed by atoms with Gasteiger partial charge in [0.25, 0.3) is 0 Å². The van der Waals surface area contributed by atoms with Crippen LogP contribution >= 0.6 is 0 Å².